The van der Waals surface area contributed by atoms with Crippen LogP contribution in [0, 0.1) is 0 Å². The first-order valence-corrected chi connectivity index (χ1v) is 8.78. The molecule has 3 aromatic rings. The summed E-state index contributed by atoms with van der Waals surface area (Å²) in [6.07, 6.45) is 3.55. The van der Waals surface area contributed by atoms with Crippen LogP contribution >= 0.6 is 0 Å². The Bertz CT molecular complexity index is 1090. The molecule has 0 fully saturated rings. The molecular weight excluding hydrogens is 356 g/mol. The second-order valence-electron chi connectivity index (χ2n) is 6.57. The summed E-state index contributed by atoms with van der Waals surface area (Å²) < 4.78 is 0. The van der Waals surface area contributed by atoms with Crippen LogP contribution in [0.4, 0.5) is 0 Å². The number of carboxylic acid groups (broad SMARTS) is 1. The molecule has 1 atom stereocenters. The number of rotatable bonds is 3. The van der Waals surface area contributed by atoms with Gasteiger partial charge in [-0.15, -0.1) is 0 Å². The molecule has 0 saturated heterocycles. The van der Waals surface area contributed by atoms with Crippen LogP contribution in [0.5, 0.6) is 0 Å². The van der Waals surface area contributed by atoms with Gasteiger partial charge in [0.1, 0.15) is 6.04 Å². The van der Waals surface area contributed by atoms with Crippen LogP contribution in [-0.4, -0.2) is 33.7 Å². The van der Waals surface area contributed by atoms with Crippen molar-refractivity contribution < 1.29 is 19.5 Å². The van der Waals surface area contributed by atoms with Gasteiger partial charge < -0.3 is 15.8 Å². The molecule has 2 aromatic carbocycles. The average molecular weight is 376 g/mol. The van der Waals surface area contributed by atoms with Crippen molar-refractivity contribution in [3.05, 3.63) is 83.1 Å². The summed E-state index contributed by atoms with van der Waals surface area (Å²) in [4.78, 5) is 36.7. The van der Waals surface area contributed by atoms with Crippen molar-refractivity contribution in [1.29, 1.82) is 0 Å². The molecule has 28 heavy (non-hydrogen) atoms. The third-order valence-electron chi connectivity index (χ3n) is 4.57. The fourth-order valence-corrected chi connectivity index (χ4v) is 3.07. The van der Waals surface area contributed by atoms with Crippen LogP contribution < -0.4 is 5.73 Å². The lowest BCUT2D eigenvalue weighted by molar-refractivity contribution is -0.138. The van der Waals surface area contributed by atoms with Crippen LogP contribution in [0.15, 0.2) is 66.4 Å². The van der Waals surface area contributed by atoms with Gasteiger partial charge in [0.15, 0.2) is 11.6 Å². The van der Waals surface area contributed by atoms with Crippen LogP contribution in [0.25, 0.3) is 10.9 Å². The number of Topliss-reactive ketones (excluding diaryl/α,β-unsaturated/α-hetero) is 1. The highest BCUT2D eigenvalue weighted by Gasteiger charge is 2.21. The smallest absolute Gasteiger partial charge is 0.320 e. The van der Waals surface area contributed by atoms with Crippen molar-refractivity contribution in [3.63, 3.8) is 0 Å². The molecule has 6 nitrogen and oxygen atoms in total. The number of nitrogens with one attached hydrogen (secondary N) is 1. The maximum atomic E-state index is 11.5. The molecule has 4 N–H and O–H groups in total. The molecule has 4 rings (SSSR count). The zero-order valence-corrected chi connectivity index (χ0v) is 15.3. The monoisotopic (exact) mass is 376 g/mol. The van der Waals surface area contributed by atoms with Crippen LogP contribution in [-0.2, 0) is 11.2 Å². The number of aromatic amines is 1. The molecular formula is C22H20N2O4. The summed E-state index contributed by atoms with van der Waals surface area (Å²) in [5.41, 5.74) is 8.99. The Morgan fingerprint density at radius 1 is 1.07 bits per heavy atom. The molecule has 1 aromatic heterocycles. The average Bonchev–Trinajstić information content (AvgIpc) is 3.10. The highest BCUT2D eigenvalue weighted by molar-refractivity contribution is 6.24. The lowest BCUT2D eigenvalue weighted by Gasteiger charge is -2.11. The van der Waals surface area contributed by atoms with E-state index in [1.165, 1.54) is 6.08 Å². The first-order valence-electron chi connectivity index (χ1n) is 8.78. The number of aliphatic carboxylic acids is 1. The van der Waals surface area contributed by atoms with Gasteiger partial charge in [0, 0.05) is 40.2 Å². The lowest BCUT2D eigenvalue weighted by atomic mass is 9.90. The maximum absolute atomic E-state index is 11.5. The fourth-order valence-electron chi connectivity index (χ4n) is 3.07. The molecule has 1 aliphatic rings. The van der Waals surface area contributed by atoms with Gasteiger partial charge in [0.25, 0.3) is 0 Å². The Morgan fingerprint density at radius 2 is 1.71 bits per heavy atom. The highest BCUT2D eigenvalue weighted by atomic mass is 16.4. The van der Waals surface area contributed by atoms with Crippen molar-refractivity contribution >= 4 is 28.4 Å². The third kappa shape index (κ3) is 3.92. The number of nitrogens with two attached hydrogens (primary N) is 1. The molecule has 1 heterocycles. The largest absolute Gasteiger partial charge is 0.480 e. The van der Waals surface area contributed by atoms with Gasteiger partial charge in [0.2, 0.25) is 0 Å². The molecule has 0 radical (unpaired) electrons. The second kappa shape index (κ2) is 8.02. The van der Waals surface area contributed by atoms with Crippen LogP contribution in [0.2, 0.25) is 0 Å². The minimum Gasteiger partial charge on any atom is -0.480 e. The minimum atomic E-state index is -0.972. The quantitative estimate of drug-likeness (QED) is 0.650. The van der Waals surface area contributed by atoms with Crippen molar-refractivity contribution in [2.75, 3.05) is 0 Å². The Labute approximate surface area is 161 Å². The van der Waals surface area contributed by atoms with E-state index in [1.807, 2.05) is 30.5 Å². The number of carbonyl (C=O) groups excluding carboxylic acids is 2. The molecule has 0 bridgehead atoms. The number of carbonyl (C=O) groups is 3. The number of para-hydroxylation sites is 1. The molecule has 0 spiro atoms. The number of hydrogen-bond donors (Lipinski definition) is 3. The number of aromatic nitrogens is 1. The van der Waals surface area contributed by atoms with Crippen molar-refractivity contribution in [2.24, 2.45) is 5.73 Å². The van der Waals surface area contributed by atoms with Gasteiger partial charge in [0.05, 0.1) is 0 Å². The first-order chi connectivity index (χ1) is 13.4. The minimum absolute atomic E-state index is 0.0461. The third-order valence-corrected chi connectivity index (χ3v) is 4.57. The number of fused-ring (bicyclic) bond motifs is 2. The van der Waals surface area contributed by atoms with Crippen LogP contribution in [0.3, 0.4) is 0 Å². The molecule has 0 amide bonds. The number of benzene rings is 2. The maximum Gasteiger partial charge on any atom is 0.320 e. The number of allylic oxidation sites excluding steroid dienone is 2. The SMILES string of the molecule is CC1=CC(=O)c2ccccc2C1=O.N[C@@H](Cc1c[nH]c2ccccc12)C(=O)O. The van der Waals surface area contributed by atoms with E-state index in [0.717, 1.165) is 16.5 Å². The summed E-state index contributed by atoms with van der Waals surface area (Å²) in [6, 6.07) is 13.8. The zero-order valence-electron chi connectivity index (χ0n) is 15.3. The number of ketones is 2. The topological polar surface area (TPSA) is 113 Å². The Morgan fingerprint density at radius 3 is 2.43 bits per heavy atom. The van der Waals surface area contributed by atoms with E-state index in [0.29, 0.717) is 23.1 Å². The zero-order chi connectivity index (χ0) is 20.3. The van der Waals surface area contributed by atoms with E-state index in [2.05, 4.69) is 4.98 Å². The molecule has 6 heteroatoms. The summed E-state index contributed by atoms with van der Waals surface area (Å²) in [6.45, 7) is 1.66. The molecule has 0 saturated carbocycles. The van der Waals surface area contributed by atoms with E-state index in [1.54, 1.807) is 31.2 Å². The van der Waals surface area contributed by atoms with E-state index >= 15 is 0 Å². The van der Waals surface area contributed by atoms with E-state index in [-0.39, 0.29) is 11.6 Å². The predicted molar refractivity (Wildman–Crippen MR) is 106 cm³/mol. The molecule has 0 unspecified atom stereocenters. The van der Waals surface area contributed by atoms with Gasteiger partial charge in [-0.2, -0.15) is 0 Å². The predicted octanol–water partition coefficient (Wildman–Crippen LogP) is 3.13. The Hall–Kier alpha value is -3.51. The number of H-pyrrole nitrogens is 1. The lowest BCUT2D eigenvalue weighted by Crippen LogP contribution is -2.32. The van der Waals surface area contributed by atoms with Crippen molar-refractivity contribution in [2.45, 2.75) is 19.4 Å². The normalized spacial score (nSPS) is 14.0. The van der Waals surface area contributed by atoms with Gasteiger partial charge >= 0.3 is 5.97 Å². The van der Waals surface area contributed by atoms with Crippen LogP contribution in [0.1, 0.15) is 33.2 Å². The highest BCUT2D eigenvalue weighted by Crippen LogP contribution is 2.20. The summed E-state index contributed by atoms with van der Waals surface area (Å²) >= 11 is 0. The second-order valence-corrected chi connectivity index (χ2v) is 6.57. The van der Waals surface area contributed by atoms with E-state index in [9.17, 15) is 14.4 Å². The van der Waals surface area contributed by atoms with E-state index < -0.39 is 12.0 Å². The first kappa shape index (κ1) is 19.3. The van der Waals surface area contributed by atoms with Gasteiger partial charge in [-0.1, -0.05) is 42.5 Å². The summed E-state index contributed by atoms with van der Waals surface area (Å²) in [5, 5.41) is 9.75. The van der Waals surface area contributed by atoms with Gasteiger partial charge in [-0.25, -0.2) is 0 Å². The summed E-state index contributed by atoms with van der Waals surface area (Å²) in [7, 11) is 0. The van der Waals surface area contributed by atoms with Gasteiger partial charge in [-0.05, 0) is 24.6 Å². The fraction of sp³-hybridized carbons (Fsp3) is 0.136. The molecule has 142 valence electrons. The Balaban J connectivity index is 0.000000162. The number of hydrogen-bond acceptors (Lipinski definition) is 4. The summed E-state index contributed by atoms with van der Waals surface area (Å²) in [5.74, 6) is -1.09. The van der Waals surface area contributed by atoms with Gasteiger partial charge in [-0.3, -0.25) is 14.4 Å². The van der Waals surface area contributed by atoms with Crippen molar-refractivity contribution in [1.82, 2.24) is 4.98 Å². The molecule has 1 aliphatic carbocycles. The molecule has 0 aliphatic heterocycles. The van der Waals surface area contributed by atoms with E-state index in [4.69, 9.17) is 10.8 Å². The standard InChI is InChI=1S/C11H12N2O2.C11H8O2/c12-9(11(14)15)5-7-6-13-10-4-2-1-3-8(7)10;1-7-6-10(12)8-4-2-3-5-9(8)11(7)13/h1-4,6,9,13H,5,12H2,(H,14,15);2-6H,1H3/t9-;/m0./s1. The van der Waals surface area contributed by atoms with Crippen molar-refractivity contribution in [3.8, 4) is 0 Å². The number of carboxylic acids is 1. The Kier molecular flexibility index (Phi) is 5.52.